The monoisotopic (exact) mass is 399 g/mol. The number of ether oxygens (including phenoxy) is 2. The van der Waals surface area contributed by atoms with Crippen LogP contribution in [0.1, 0.15) is 12.8 Å². The highest BCUT2D eigenvalue weighted by atomic mass is 19.1. The van der Waals surface area contributed by atoms with Gasteiger partial charge in [-0.2, -0.15) is 0 Å². The summed E-state index contributed by atoms with van der Waals surface area (Å²) in [7, 11) is 1.41. The molecule has 0 unspecified atom stereocenters. The number of halogens is 1. The first kappa shape index (κ1) is 18.8. The first-order valence-electron chi connectivity index (χ1n) is 9.01. The molecule has 4 rings (SSSR count). The molecule has 0 spiro atoms. The maximum Gasteiger partial charge on any atom is 0.407 e. The van der Waals surface area contributed by atoms with E-state index in [-0.39, 0.29) is 17.5 Å². The fraction of sp³-hybridized carbons (Fsp3) is 0.316. The lowest BCUT2D eigenvalue weighted by atomic mass is 10.1. The van der Waals surface area contributed by atoms with Crippen molar-refractivity contribution in [3.8, 4) is 23.0 Å². The Hall–Kier alpha value is -3.56. The van der Waals surface area contributed by atoms with Crippen molar-refractivity contribution >= 4 is 17.0 Å². The number of nitrogens with zero attached hydrogens (tertiary/aromatic N) is 5. The van der Waals surface area contributed by atoms with Crippen LogP contribution in [0.2, 0.25) is 0 Å². The quantitative estimate of drug-likeness (QED) is 0.713. The number of methoxy groups -OCH3 is 1. The highest BCUT2D eigenvalue weighted by Crippen LogP contribution is 2.32. The molecule has 0 atom stereocenters. The van der Waals surface area contributed by atoms with Crippen molar-refractivity contribution in [1.82, 2.24) is 24.8 Å². The Morgan fingerprint density at radius 2 is 2.03 bits per heavy atom. The van der Waals surface area contributed by atoms with Crippen LogP contribution in [0.5, 0.6) is 11.8 Å². The molecule has 1 fully saturated rings. The number of fused-ring (bicyclic) bond motifs is 1. The molecule has 10 heteroatoms. The third-order valence-electron chi connectivity index (χ3n) is 4.80. The van der Waals surface area contributed by atoms with E-state index in [0.717, 1.165) is 0 Å². The largest absolute Gasteiger partial charge is 0.481 e. The molecule has 0 aliphatic carbocycles. The summed E-state index contributed by atoms with van der Waals surface area (Å²) >= 11 is 0. The van der Waals surface area contributed by atoms with E-state index in [1.807, 2.05) is 0 Å². The van der Waals surface area contributed by atoms with Gasteiger partial charge in [-0.25, -0.2) is 24.1 Å². The Kier molecular flexibility index (Phi) is 5.07. The van der Waals surface area contributed by atoms with Crippen LogP contribution in [-0.2, 0) is 0 Å². The van der Waals surface area contributed by atoms with Crippen LogP contribution in [0.3, 0.4) is 0 Å². The molecule has 1 N–H and O–H groups in total. The summed E-state index contributed by atoms with van der Waals surface area (Å²) in [5.41, 5.74) is 0.949. The van der Waals surface area contributed by atoms with E-state index in [1.54, 1.807) is 6.07 Å². The molecule has 1 saturated heterocycles. The zero-order valence-corrected chi connectivity index (χ0v) is 15.6. The van der Waals surface area contributed by atoms with Crippen LogP contribution in [0.4, 0.5) is 9.18 Å². The van der Waals surface area contributed by atoms with Crippen LogP contribution in [0.25, 0.3) is 22.2 Å². The summed E-state index contributed by atoms with van der Waals surface area (Å²) in [5.74, 6) is -0.00823. The average Bonchev–Trinajstić information content (AvgIpc) is 2.74. The number of piperidine rings is 1. The Labute approximate surface area is 165 Å². The first-order valence-corrected chi connectivity index (χ1v) is 9.01. The number of hydrogen-bond donors (Lipinski definition) is 1. The molecule has 1 amide bonds. The Bertz CT molecular complexity index is 1060. The summed E-state index contributed by atoms with van der Waals surface area (Å²) < 4.78 is 25.5. The van der Waals surface area contributed by atoms with Gasteiger partial charge in [0.1, 0.15) is 29.5 Å². The van der Waals surface area contributed by atoms with Gasteiger partial charge in [0.2, 0.25) is 11.8 Å². The van der Waals surface area contributed by atoms with E-state index in [9.17, 15) is 9.18 Å². The van der Waals surface area contributed by atoms with Crippen LogP contribution in [0, 0.1) is 5.82 Å². The van der Waals surface area contributed by atoms with E-state index >= 15 is 0 Å². The van der Waals surface area contributed by atoms with Crippen LogP contribution in [-0.4, -0.2) is 62.3 Å². The number of rotatable bonds is 4. The number of carboxylic acid groups (broad SMARTS) is 1. The highest BCUT2D eigenvalue weighted by molar-refractivity contribution is 5.93. The molecular formula is C19H18FN5O4. The van der Waals surface area contributed by atoms with Crippen LogP contribution < -0.4 is 9.47 Å². The number of hydrogen-bond acceptors (Lipinski definition) is 7. The topological polar surface area (TPSA) is 111 Å². The second kappa shape index (κ2) is 7.82. The smallest absolute Gasteiger partial charge is 0.407 e. The molecule has 0 saturated carbocycles. The lowest BCUT2D eigenvalue weighted by Gasteiger charge is -2.30. The van der Waals surface area contributed by atoms with Gasteiger partial charge in [0.25, 0.3) is 0 Å². The van der Waals surface area contributed by atoms with Crippen molar-refractivity contribution in [3.63, 3.8) is 0 Å². The molecule has 0 radical (unpaired) electrons. The van der Waals surface area contributed by atoms with Crippen molar-refractivity contribution in [2.45, 2.75) is 18.9 Å². The molecule has 3 aromatic rings. The second-order valence-corrected chi connectivity index (χ2v) is 6.53. The van der Waals surface area contributed by atoms with Gasteiger partial charge in [-0.1, -0.05) is 0 Å². The second-order valence-electron chi connectivity index (χ2n) is 6.53. The number of pyridine rings is 2. The summed E-state index contributed by atoms with van der Waals surface area (Å²) in [4.78, 5) is 29.2. The summed E-state index contributed by atoms with van der Waals surface area (Å²) in [5, 5.41) is 9.65. The summed E-state index contributed by atoms with van der Waals surface area (Å²) in [6.45, 7) is 0.803. The summed E-state index contributed by atoms with van der Waals surface area (Å²) in [6.07, 6.45) is 4.25. The predicted octanol–water partition coefficient (Wildman–Crippen LogP) is 2.76. The third-order valence-corrected chi connectivity index (χ3v) is 4.80. The Morgan fingerprint density at radius 1 is 1.24 bits per heavy atom. The molecule has 150 valence electrons. The molecule has 1 aliphatic heterocycles. The standard InChI is InChI=1S/C19H18FN5O4/c1-28-15-8-14(20)13(9-22-15)17-16-12(2-5-21-17)18(24-10-23-16)29-11-3-6-25(7-4-11)19(26)27/h2,5,8-11H,3-4,6-7H2,1H3,(H,26,27). The molecule has 3 aromatic heterocycles. The maximum absolute atomic E-state index is 14.5. The Morgan fingerprint density at radius 3 is 2.72 bits per heavy atom. The van der Waals surface area contributed by atoms with Crippen LogP contribution in [0.15, 0.2) is 30.9 Å². The van der Waals surface area contributed by atoms with Crippen molar-refractivity contribution in [3.05, 3.63) is 36.7 Å². The van der Waals surface area contributed by atoms with Gasteiger partial charge >= 0.3 is 6.09 Å². The minimum absolute atomic E-state index is 0.165. The fourth-order valence-corrected chi connectivity index (χ4v) is 3.28. The number of amides is 1. The van der Waals surface area contributed by atoms with Gasteiger partial charge in [0.05, 0.1) is 18.1 Å². The van der Waals surface area contributed by atoms with E-state index in [4.69, 9.17) is 14.6 Å². The Balaban J connectivity index is 1.65. The van der Waals surface area contributed by atoms with E-state index in [0.29, 0.717) is 48.4 Å². The van der Waals surface area contributed by atoms with E-state index in [2.05, 4.69) is 19.9 Å². The minimum Gasteiger partial charge on any atom is -0.481 e. The van der Waals surface area contributed by atoms with Gasteiger partial charge in [0.15, 0.2) is 0 Å². The van der Waals surface area contributed by atoms with Crippen molar-refractivity contribution in [1.29, 1.82) is 0 Å². The van der Waals surface area contributed by atoms with Gasteiger partial charge in [-0.3, -0.25) is 4.98 Å². The lowest BCUT2D eigenvalue weighted by molar-refractivity contribution is 0.0879. The predicted molar refractivity (Wildman–Crippen MR) is 100 cm³/mol. The van der Waals surface area contributed by atoms with Crippen LogP contribution >= 0.6 is 0 Å². The molecule has 1 aliphatic rings. The summed E-state index contributed by atoms with van der Waals surface area (Å²) in [6, 6.07) is 2.89. The molecule has 0 aromatic carbocycles. The SMILES string of the molecule is COc1cc(F)c(-c2nccc3c(OC4CCN(C(=O)O)CC4)ncnc23)cn1. The average molecular weight is 399 g/mol. The molecular weight excluding hydrogens is 381 g/mol. The first-order chi connectivity index (χ1) is 14.1. The van der Waals surface area contributed by atoms with Gasteiger partial charge in [0, 0.05) is 44.4 Å². The minimum atomic E-state index is -0.929. The molecule has 0 bridgehead atoms. The highest BCUT2D eigenvalue weighted by Gasteiger charge is 2.25. The van der Waals surface area contributed by atoms with Crippen molar-refractivity contribution < 1.29 is 23.8 Å². The molecule has 29 heavy (non-hydrogen) atoms. The number of aromatic nitrogens is 4. The van der Waals surface area contributed by atoms with E-state index < -0.39 is 11.9 Å². The normalized spacial score (nSPS) is 14.8. The number of likely N-dealkylation sites (tertiary alicyclic amines) is 1. The maximum atomic E-state index is 14.5. The lowest BCUT2D eigenvalue weighted by Crippen LogP contribution is -2.41. The molecule has 4 heterocycles. The zero-order chi connectivity index (χ0) is 20.4. The number of carbonyl (C=O) groups is 1. The van der Waals surface area contributed by atoms with Gasteiger partial charge in [-0.15, -0.1) is 0 Å². The zero-order valence-electron chi connectivity index (χ0n) is 15.6. The van der Waals surface area contributed by atoms with Crippen molar-refractivity contribution in [2.24, 2.45) is 0 Å². The fourth-order valence-electron chi connectivity index (χ4n) is 3.28. The third kappa shape index (κ3) is 3.73. The van der Waals surface area contributed by atoms with Gasteiger partial charge in [-0.05, 0) is 6.07 Å². The van der Waals surface area contributed by atoms with Gasteiger partial charge < -0.3 is 19.5 Å². The molecule has 9 nitrogen and oxygen atoms in total. The van der Waals surface area contributed by atoms with E-state index in [1.165, 1.54) is 36.8 Å². The van der Waals surface area contributed by atoms with Crippen molar-refractivity contribution in [2.75, 3.05) is 20.2 Å².